The number of hydrogen-bond donors (Lipinski definition) is 1. The van der Waals surface area contributed by atoms with Gasteiger partial charge in [-0.25, -0.2) is 0 Å². The first kappa shape index (κ1) is 11.9. The Balaban J connectivity index is 2.11. The van der Waals surface area contributed by atoms with Crippen LogP contribution in [0.25, 0.3) is 0 Å². The number of likely N-dealkylation sites (tertiary alicyclic amines) is 1. The highest BCUT2D eigenvalue weighted by atomic mass is 16.5. The summed E-state index contributed by atoms with van der Waals surface area (Å²) in [5.41, 5.74) is -0.0146. The van der Waals surface area contributed by atoms with E-state index in [9.17, 15) is 9.90 Å². The maximum absolute atomic E-state index is 11.4. The molecule has 4 heteroatoms. The first-order valence-electron chi connectivity index (χ1n) is 6.21. The van der Waals surface area contributed by atoms with Gasteiger partial charge in [-0.2, -0.15) is 0 Å². The summed E-state index contributed by atoms with van der Waals surface area (Å²) in [4.78, 5) is 13.7. The van der Waals surface area contributed by atoms with Crippen LogP contribution in [0.1, 0.15) is 26.2 Å². The fourth-order valence-electron chi connectivity index (χ4n) is 3.18. The van der Waals surface area contributed by atoms with Gasteiger partial charge in [-0.15, -0.1) is 0 Å². The van der Waals surface area contributed by atoms with E-state index < -0.39 is 5.97 Å². The van der Waals surface area contributed by atoms with Crippen LogP contribution in [0.15, 0.2) is 0 Å². The van der Waals surface area contributed by atoms with Crippen LogP contribution in [0.5, 0.6) is 0 Å². The largest absolute Gasteiger partial charge is 0.481 e. The van der Waals surface area contributed by atoms with Crippen LogP contribution in [-0.4, -0.2) is 48.8 Å². The third-order valence-corrected chi connectivity index (χ3v) is 4.04. The summed E-state index contributed by atoms with van der Waals surface area (Å²) < 4.78 is 5.37. The monoisotopic (exact) mass is 227 g/mol. The number of carboxylic acids is 1. The van der Waals surface area contributed by atoms with Crippen molar-refractivity contribution in [1.29, 1.82) is 0 Å². The van der Waals surface area contributed by atoms with E-state index in [4.69, 9.17) is 4.74 Å². The van der Waals surface area contributed by atoms with Crippen molar-refractivity contribution in [1.82, 2.24) is 4.90 Å². The maximum atomic E-state index is 11.4. The van der Waals surface area contributed by atoms with Crippen molar-refractivity contribution in [2.24, 2.45) is 11.3 Å². The number of nitrogens with zero attached hydrogens (tertiary/aromatic N) is 1. The quantitative estimate of drug-likeness (QED) is 0.787. The van der Waals surface area contributed by atoms with Crippen LogP contribution in [-0.2, 0) is 9.53 Å². The lowest BCUT2D eigenvalue weighted by atomic mass is 9.72. The molecule has 2 fully saturated rings. The predicted molar refractivity (Wildman–Crippen MR) is 60.3 cm³/mol. The summed E-state index contributed by atoms with van der Waals surface area (Å²) in [5.74, 6) is -0.816. The molecule has 0 aromatic carbocycles. The molecular weight excluding hydrogens is 206 g/mol. The van der Waals surface area contributed by atoms with Crippen LogP contribution in [0.4, 0.5) is 0 Å². The number of ether oxygens (including phenoxy) is 1. The molecule has 1 atom stereocenters. The Labute approximate surface area is 96.6 Å². The average Bonchev–Trinajstić information content (AvgIpc) is 2.59. The Kier molecular flexibility index (Phi) is 3.50. The molecule has 0 bridgehead atoms. The summed E-state index contributed by atoms with van der Waals surface area (Å²) in [5, 5.41) is 9.35. The minimum atomic E-state index is -0.625. The van der Waals surface area contributed by atoms with E-state index >= 15 is 0 Å². The molecule has 0 aliphatic carbocycles. The fourth-order valence-corrected chi connectivity index (χ4v) is 3.18. The Morgan fingerprint density at radius 3 is 2.75 bits per heavy atom. The Morgan fingerprint density at radius 1 is 1.50 bits per heavy atom. The second-order valence-electron chi connectivity index (χ2n) is 5.10. The van der Waals surface area contributed by atoms with Crippen molar-refractivity contribution in [2.75, 3.05) is 32.8 Å². The van der Waals surface area contributed by atoms with Gasteiger partial charge in [-0.3, -0.25) is 4.79 Å². The van der Waals surface area contributed by atoms with Crippen molar-refractivity contribution < 1.29 is 14.6 Å². The van der Waals surface area contributed by atoms with Gasteiger partial charge in [0.05, 0.1) is 5.92 Å². The average molecular weight is 227 g/mol. The number of carbonyl (C=O) groups is 1. The van der Waals surface area contributed by atoms with Crippen molar-refractivity contribution in [3.05, 3.63) is 0 Å². The zero-order valence-corrected chi connectivity index (χ0v) is 9.95. The summed E-state index contributed by atoms with van der Waals surface area (Å²) in [7, 11) is 0. The number of carboxylic acid groups (broad SMARTS) is 1. The zero-order chi connectivity index (χ0) is 11.6. The second-order valence-corrected chi connectivity index (χ2v) is 5.10. The highest BCUT2D eigenvalue weighted by Crippen LogP contribution is 2.44. The van der Waals surface area contributed by atoms with Crippen molar-refractivity contribution in [3.63, 3.8) is 0 Å². The van der Waals surface area contributed by atoms with E-state index in [1.807, 2.05) is 0 Å². The predicted octanol–water partition coefficient (Wildman–Crippen LogP) is 1.21. The van der Waals surface area contributed by atoms with Crippen molar-refractivity contribution >= 4 is 5.97 Å². The van der Waals surface area contributed by atoms with E-state index in [2.05, 4.69) is 11.8 Å². The smallest absolute Gasteiger partial charge is 0.308 e. The van der Waals surface area contributed by atoms with Gasteiger partial charge in [0.1, 0.15) is 0 Å². The van der Waals surface area contributed by atoms with Crippen LogP contribution in [0, 0.1) is 11.3 Å². The van der Waals surface area contributed by atoms with E-state index in [-0.39, 0.29) is 11.3 Å². The fraction of sp³-hybridized carbons (Fsp3) is 0.917. The summed E-state index contributed by atoms with van der Waals surface area (Å²) in [6.45, 7) is 6.29. The molecule has 2 heterocycles. The van der Waals surface area contributed by atoms with E-state index in [1.54, 1.807) is 0 Å². The minimum absolute atomic E-state index is 0.0146. The molecule has 1 N–H and O–H groups in total. The molecule has 0 unspecified atom stereocenters. The Hall–Kier alpha value is -0.610. The SMILES string of the molecule is CCCN1C[C@H](C(=O)O)C2(CCOCC2)C1. The van der Waals surface area contributed by atoms with Crippen LogP contribution in [0.3, 0.4) is 0 Å². The van der Waals surface area contributed by atoms with Gasteiger partial charge < -0.3 is 14.7 Å². The number of rotatable bonds is 3. The van der Waals surface area contributed by atoms with Gasteiger partial charge in [0.2, 0.25) is 0 Å². The molecule has 1 spiro atoms. The zero-order valence-electron chi connectivity index (χ0n) is 9.95. The second kappa shape index (κ2) is 4.72. The molecule has 0 aromatic rings. The van der Waals surface area contributed by atoms with Gasteiger partial charge in [0.25, 0.3) is 0 Å². The van der Waals surface area contributed by atoms with Gasteiger partial charge in [-0.05, 0) is 25.8 Å². The molecule has 0 radical (unpaired) electrons. The van der Waals surface area contributed by atoms with Crippen LogP contribution >= 0.6 is 0 Å². The lowest BCUT2D eigenvalue weighted by Crippen LogP contribution is -2.40. The van der Waals surface area contributed by atoms with Crippen LogP contribution in [0.2, 0.25) is 0 Å². The topological polar surface area (TPSA) is 49.8 Å². The van der Waals surface area contributed by atoms with Crippen molar-refractivity contribution in [2.45, 2.75) is 26.2 Å². The molecular formula is C12H21NO3. The molecule has 4 nitrogen and oxygen atoms in total. The van der Waals surface area contributed by atoms with Gasteiger partial charge in [-0.1, -0.05) is 6.92 Å². The van der Waals surface area contributed by atoms with Crippen LogP contribution < -0.4 is 0 Å². The van der Waals surface area contributed by atoms with E-state index in [0.717, 1.165) is 52.1 Å². The Bertz CT molecular complexity index is 261. The van der Waals surface area contributed by atoms with Gasteiger partial charge in [0.15, 0.2) is 0 Å². The molecule has 0 aromatic heterocycles. The molecule has 0 amide bonds. The first-order valence-corrected chi connectivity index (χ1v) is 6.21. The third-order valence-electron chi connectivity index (χ3n) is 4.04. The molecule has 16 heavy (non-hydrogen) atoms. The number of hydrogen-bond acceptors (Lipinski definition) is 3. The molecule has 2 aliphatic rings. The molecule has 2 saturated heterocycles. The minimum Gasteiger partial charge on any atom is -0.481 e. The highest BCUT2D eigenvalue weighted by Gasteiger charge is 2.50. The van der Waals surface area contributed by atoms with Crippen molar-refractivity contribution in [3.8, 4) is 0 Å². The normalized spacial score (nSPS) is 29.7. The molecule has 2 aliphatic heterocycles. The van der Waals surface area contributed by atoms with E-state index in [1.165, 1.54) is 0 Å². The molecule has 92 valence electrons. The summed E-state index contributed by atoms with van der Waals surface area (Å²) in [6, 6.07) is 0. The number of aliphatic carboxylic acids is 1. The standard InChI is InChI=1S/C12H21NO3/c1-2-5-13-8-10(11(14)15)12(9-13)3-6-16-7-4-12/h10H,2-9H2,1H3,(H,14,15)/t10-/m1/s1. The summed E-state index contributed by atoms with van der Waals surface area (Å²) in [6.07, 6.45) is 2.91. The molecule has 0 saturated carbocycles. The highest BCUT2D eigenvalue weighted by molar-refractivity contribution is 5.72. The lowest BCUT2D eigenvalue weighted by molar-refractivity contribution is -0.146. The summed E-state index contributed by atoms with van der Waals surface area (Å²) >= 11 is 0. The van der Waals surface area contributed by atoms with Gasteiger partial charge >= 0.3 is 5.97 Å². The third kappa shape index (κ3) is 2.09. The van der Waals surface area contributed by atoms with Gasteiger partial charge in [0, 0.05) is 31.7 Å². The first-order chi connectivity index (χ1) is 7.68. The van der Waals surface area contributed by atoms with E-state index in [0.29, 0.717) is 0 Å². The maximum Gasteiger partial charge on any atom is 0.308 e. The Morgan fingerprint density at radius 2 is 2.19 bits per heavy atom. The lowest BCUT2D eigenvalue weighted by Gasteiger charge is -2.36. The molecule has 2 rings (SSSR count).